The number of rotatable bonds is 2. The number of hydrogen-bond donors (Lipinski definition) is 1. The van der Waals surface area contributed by atoms with Crippen molar-refractivity contribution in [3.8, 4) is 0 Å². The Labute approximate surface area is 157 Å². The summed E-state index contributed by atoms with van der Waals surface area (Å²) in [5, 5.41) is 3.58. The van der Waals surface area contributed by atoms with E-state index in [0.29, 0.717) is 0 Å². The Kier molecular flexibility index (Phi) is 3.59. The van der Waals surface area contributed by atoms with Crippen molar-refractivity contribution >= 4 is 28.2 Å². The van der Waals surface area contributed by atoms with Crippen molar-refractivity contribution in [1.29, 1.82) is 0 Å². The van der Waals surface area contributed by atoms with Gasteiger partial charge in [-0.15, -0.1) is 0 Å². The normalized spacial score (nSPS) is 19.4. The van der Waals surface area contributed by atoms with Crippen molar-refractivity contribution in [3.63, 3.8) is 0 Å². The maximum absolute atomic E-state index is 3.58. The second kappa shape index (κ2) is 5.51. The molecule has 0 amide bonds. The molecule has 26 heavy (non-hydrogen) atoms. The van der Waals surface area contributed by atoms with Crippen molar-refractivity contribution in [1.82, 2.24) is 0 Å². The highest BCUT2D eigenvalue weighted by Gasteiger charge is 2.43. The van der Waals surface area contributed by atoms with E-state index in [9.17, 15) is 0 Å². The summed E-state index contributed by atoms with van der Waals surface area (Å²) in [6.07, 6.45) is 4.81. The summed E-state index contributed by atoms with van der Waals surface area (Å²) in [7, 11) is 0. The summed E-state index contributed by atoms with van der Waals surface area (Å²) < 4.78 is 0. The molecule has 2 aromatic rings. The molecule has 2 heterocycles. The maximum Gasteiger partial charge on any atom is 0.0543 e. The van der Waals surface area contributed by atoms with Crippen LogP contribution in [-0.2, 0) is 0 Å². The Morgan fingerprint density at radius 2 is 1.23 bits per heavy atom. The van der Waals surface area contributed by atoms with Crippen LogP contribution in [-0.4, -0.2) is 11.1 Å². The average Bonchev–Trinajstić information content (AvgIpc) is 2.53. The SMILES string of the molecule is CC1=CC(C)(C)N2c3c1cc(Nc1ccccc1)cc3C(C)=CC2(C)C. The van der Waals surface area contributed by atoms with Crippen molar-refractivity contribution < 1.29 is 0 Å². The number of para-hydroxylation sites is 1. The van der Waals surface area contributed by atoms with Crippen LogP contribution in [0.5, 0.6) is 0 Å². The van der Waals surface area contributed by atoms with Crippen LogP contribution in [0.1, 0.15) is 52.7 Å². The van der Waals surface area contributed by atoms with Crippen LogP contribution in [0.3, 0.4) is 0 Å². The zero-order chi connectivity index (χ0) is 18.7. The standard InChI is InChI=1S/C24H28N2/c1-16-14-23(3,4)26-22-20(16)12-19(25-18-10-8-7-9-11-18)13-21(22)17(2)15-24(26,5)6/h7-15,25H,1-6H3. The molecule has 0 radical (unpaired) electrons. The maximum atomic E-state index is 3.58. The first-order chi connectivity index (χ1) is 12.2. The molecule has 0 saturated heterocycles. The predicted molar refractivity (Wildman–Crippen MR) is 114 cm³/mol. The number of allylic oxidation sites excluding steroid dienone is 2. The van der Waals surface area contributed by atoms with Gasteiger partial charge in [0.05, 0.1) is 16.8 Å². The van der Waals surface area contributed by atoms with Gasteiger partial charge in [0.2, 0.25) is 0 Å². The molecule has 0 atom stereocenters. The lowest BCUT2D eigenvalue weighted by molar-refractivity contribution is 0.437. The molecule has 2 nitrogen and oxygen atoms in total. The minimum atomic E-state index is -0.0130. The molecule has 0 aromatic heterocycles. The van der Waals surface area contributed by atoms with E-state index in [-0.39, 0.29) is 11.1 Å². The summed E-state index contributed by atoms with van der Waals surface area (Å²) in [5.41, 5.74) is 8.98. The van der Waals surface area contributed by atoms with Gasteiger partial charge in [0, 0.05) is 22.5 Å². The van der Waals surface area contributed by atoms with Gasteiger partial charge in [-0.2, -0.15) is 0 Å². The van der Waals surface area contributed by atoms with Gasteiger partial charge in [-0.25, -0.2) is 0 Å². The van der Waals surface area contributed by atoms with Gasteiger partial charge in [0.15, 0.2) is 0 Å². The topological polar surface area (TPSA) is 15.3 Å². The molecular weight excluding hydrogens is 316 g/mol. The summed E-state index contributed by atoms with van der Waals surface area (Å²) in [5.74, 6) is 0. The first kappa shape index (κ1) is 17.0. The molecule has 2 aromatic carbocycles. The Morgan fingerprint density at radius 1 is 0.731 bits per heavy atom. The summed E-state index contributed by atoms with van der Waals surface area (Å²) in [4.78, 5) is 2.58. The van der Waals surface area contributed by atoms with E-state index in [1.807, 2.05) is 6.07 Å². The molecule has 1 N–H and O–H groups in total. The molecule has 0 aliphatic carbocycles. The fourth-order valence-corrected chi connectivity index (χ4v) is 4.90. The van der Waals surface area contributed by atoms with Gasteiger partial charge in [-0.1, -0.05) is 30.4 Å². The fraction of sp³-hybridized carbons (Fsp3) is 0.333. The van der Waals surface area contributed by atoms with Crippen LogP contribution >= 0.6 is 0 Å². The largest absolute Gasteiger partial charge is 0.355 e. The molecule has 0 fully saturated rings. The van der Waals surface area contributed by atoms with Crippen LogP contribution < -0.4 is 10.2 Å². The number of hydrogen-bond acceptors (Lipinski definition) is 2. The van der Waals surface area contributed by atoms with Gasteiger partial charge < -0.3 is 10.2 Å². The molecule has 0 unspecified atom stereocenters. The third kappa shape index (κ3) is 2.56. The number of nitrogens with zero attached hydrogens (tertiary/aromatic N) is 1. The van der Waals surface area contributed by atoms with Gasteiger partial charge >= 0.3 is 0 Å². The van der Waals surface area contributed by atoms with Crippen LogP contribution in [0.4, 0.5) is 17.1 Å². The summed E-state index contributed by atoms with van der Waals surface area (Å²) >= 11 is 0. The zero-order valence-corrected chi connectivity index (χ0v) is 16.6. The fourth-order valence-electron chi connectivity index (χ4n) is 4.90. The zero-order valence-electron chi connectivity index (χ0n) is 16.6. The molecule has 2 aliphatic heterocycles. The Balaban J connectivity index is 1.92. The first-order valence-electron chi connectivity index (χ1n) is 9.39. The second-order valence-corrected chi connectivity index (χ2v) is 8.71. The summed E-state index contributed by atoms with van der Waals surface area (Å²) in [6.45, 7) is 13.7. The number of benzene rings is 2. The van der Waals surface area contributed by atoms with Gasteiger partial charge in [0.25, 0.3) is 0 Å². The lowest BCUT2D eigenvalue weighted by atomic mass is 9.77. The van der Waals surface area contributed by atoms with Crippen LogP contribution in [0, 0.1) is 0 Å². The highest BCUT2D eigenvalue weighted by Crippen LogP contribution is 2.51. The molecule has 134 valence electrons. The molecule has 0 saturated carbocycles. The van der Waals surface area contributed by atoms with Crippen LogP contribution in [0.25, 0.3) is 11.1 Å². The first-order valence-corrected chi connectivity index (χ1v) is 9.39. The van der Waals surface area contributed by atoms with E-state index in [1.165, 1.54) is 28.0 Å². The van der Waals surface area contributed by atoms with Crippen LogP contribution in [0.2, 0.25) is 0 Å². The quantitative estimate of drug-likeness (QED) is 0.658. The predicted octanol–water partition coefficient (Wildman–Crippen LogP) is 6.63. The molecule has 0 bridgehead atoms. The van der Waals surface area contributed by atoms with Crippen molar-refractivity contribution in [2.45, 2.75) is 52.6 Å². The lowest BCUT2D eigenvalue weighted by Crippen LogP contribution is -2.57. The molecular formula is C24H28N2. The molecule has 2 aliphatic rings. The lowest BCUT2D eigenvalue weighted by Gasteiger charge is -2.54. The third-order valence-electron chi connectivity index (χ3n) is 5.54. The second-order valence-electron chi connectivity index (χ2n) is 8.71. The average molecular weight is 345 g/mol. The highest BCUT2D eigenvalue weighted by molar-refractivity contribution is 5.94. The number of nitrogens with one attached hydrogen (secondary N) is 1. The van der Waals surface area contributed by atoms with E-state index < -0.39 is 0 Å². The van der Waals surface area contributed by atoms with Crippen molar-refractivity contribution in [2.24, 2.45) is 0 Å². The highest BCUT2D eigenvalue weighted by atomic mass is 15.3. The minimum Gasteiger partial charge on any atom is -0.355 e. The Bertz CT molecular complexity index is 877. The van der Waals surface area contributed by atoms with Gasteiger partial charge in [-0.05, 0) is 77.0 Å². The monoisotopic (exact) mass is 344 g/mol. The van der Waals surface area contributed by atoms with E-state index in [4.69, 9.17) is 0 Å². The Hall–Kier alpha value is -2.48. The Morgan fingerprint density at radius 3 is 1.73 bits per heavy atom. The van der Waals surface area contributed by atoms with Gasteiger partial charge in [0.1, 0.15) is 0 Å². The third-order valence-corrected chi connectivity index (χ3v) is 5.54. The number of anilines is 3. The van der Waals surface area contributed by atoms with Gasteiger partial charge in [-0.3, -0.25) is 0 Å². The summed E-state index contributed by atoms with van der Waals surface area (Å²) in [6, 6.07) is 15.0. The molecule has 4 rings (SSSR count). The van der Waals surface area contributed by atoms with E-state index in [0.717, 1.165) is 11.4 Å². The van der Waals surface area contributed by atoms with Crippen molar-refractivity contribution in [2.75, 3.05) is 10.2 Å². The van der Waals surface area contributed by atoms with E-state index in [1.54, 1.807) is 0 Å². The van der Waals surface area contributed by atoms with Crippen molar-refractivity contribution in [3.05, 3.63) is 65.7 Å². The van der Waals surface area contributed by atoms with Crippen LogP contribution in [0.15, 0.2) is 54.6 Å². The van der Waals surface area contributed by atoms with E-state index >= 15 is 0 Å². The smallest absolute Gasteiger partial charge is 0.0543 e. The molecule has 0 spiro atoms. The minimum absolute atomic E-state index is 0.0130. The van der Waals surface area contributed by atoms with E-state index in [2.05, 4.69) is 100 Å². The molecule has 2 heteroatoms.